The molecule has 0 amide bonds. The Morgan fingerprint density at radius 2 is 2.40 bits per heavy atom. The lowest BCUT2D eigenvalue weighted by Gasteiger charge is -2.31. The van der Waals surface area contributed by atoms with E-state index in [1.807, 2.05) is 11.3 Å². The number of thiophene rings is 1. The van der Waals surface area contributed by atoms with Gasteiger partial charge in [-0.1, -0.05) is 0 Å². The summed E-state index contributed by atoms with van der Waals surface area (Å²) in [6, 6.07) is 4.97. The van der Waals surface area contributed by atoms with E-state index in [0.717, 1.165) is 19.6 Å². The molecular formula is C10H16BrClN2S. The van der Waals surface area contributed by atoms with Crippen molar-refractivity contribution in [2.45, 2.75) is 19.5 Å². The zero-order valence-electron chi connectivity index (χ0n) is 8.70. The van der Waals surface area contributed by atoms with Crippen molar-refractivity contribution >= 4 is 39.7 Å². The summed E-state index contributed by atoms with van der Waals surface area (Å²) in [5.41, 5.74) is 0. The van der Waals surface area contributed by atoms with Gasteiger partial charge in [-0.2, -0.15) is 0 Å². The highest BCUT2D eigenvalue weighted by atomic mass is 79.9. The monoisotopic (exact) mass is 310 g/mol. The molecule has 1 N–H and O–H groups in total. The maximum atomic E-state index is 3.50. The average molecular weight is 312 g/mol. The van der Waals surface area contributed by atoms with Gasteiger partial charge in [0.15, 0.2) is 0 Å². The van der Waals surface area contributed by atoms with Gasteiger partial charge in [0.25, 0.3) is 0 Å². The standard InChI is InChI=1S/C10H15BrN2S.ClH/c1-8-6-13(5-4-12-8)7-9-2-3-10(11)14-9;/h2-3,8,12H,4-7H2,1H3;1H. The minimum atomic E-state index is 0. The van der Waals surface area contributed by atoms with E-state index in [0.29, 0.717) is 6.04 Å². The molecule has 0 saturated carbocycles. The highest BCUT2D eigenvalue weighted by Crippen LogP contribution is 2.23. The number of hydrogen-bond acceptors (Lipinski definition) is 3. The van der Waals surface area contributed by atoms with E-state index in [9.17, 15) is 0 Å². The van der Waals surface area contributed by atoms with Gasteiger partial charge in [0.1, 0.15) is 0 Å². The maximum absolute atomic E-state index is 3.50. The first kappa shape index (κ1) is 13.5. The number of rotatable bonds is 2. The highest BCUT2D eigenvalue weighted by Gasteiger charge is 2.15. The summed E-state index contributed by atoms with van der Waals surface area (Å²) in [4.78, 5) is 3.96. The van der Waals surface area contributed by atoms with Gasteiger partial charge in [0.05, 0.1) is 3.79 Å². The van der Waals surface area contributed by atoms with Crippen molar-refractivity contribution in [3.8, 4) is 0 Å². The minimum absolute atomic E-state index is 0. The van der Waals surface area contributed by atoms with Crippen LogP contribution in [-0.4, -0.2) is 30.6 Å². The van der Waals surface area contributed by atoms with Crippen molar-refractivity contribution in [3.05, 3.63) is 20.8 Å². The fourth-order valence-corrected chi connectivity index (χ4v) is 3.34. The molecule has 0 aliphatic carbocycles. The maximum Gasteiger partial charge on any atom is 0.0701 e. The molecule has 5 heteroatoms. The summed E-state index contributed by atoms with van der Waals surface area (Å²) >= 11 is 5.33. The Balaban J connectivity index is 0.00000112. The van der Waals surface area contributed by atoms with Crippen LogP contribution >= 0.6 is 39.7 Å². The second-order valence-corrected chi connectivity index (χ2v) is 6.34. The number of nitrogens with zero attached hydrogens (tertiary/aromatic N) is 1. The van der Waals surface area contributed by atoms with E-state index in [1.54, 1.807) is 0 Å². The van der Waals surface area contributed by atoms with Gasteiger partial charge in [0.2, 0.25) is 0 Å². The van der Waals surface area contributed by atoms with Crippen LogP contribution in [0.5, 0.6) is 0 Å². The van der Waals surface area contributed by atoms with Crippen molar-refractivity contribution in [1.82, 2.24) is 10.2 Å². The molecule has 2 nitrogen and oxygen atoms in total. The second kappa shape index (κ2) is 6.21. The Morgan fingerprint density at radius 1 is 1.60 bits per heavy atom. The number of piperazine rings is 1. The first-order valence-corrected chi connectivity index (χ1v) is 6.55. The fourth-order valence-electron chi connectivity index (χ4n) is 1.81. The van der Waals surface area contributed by atoms with Gasteiger partial charge in [-0.25, -0.2) is 0 Å². The van der Waals surface area contributed by atoms with E-state index in [-0.39, 0.29) is 12.4 Å². The predicted molar refractivity (Wildman–Crippen MR) is 72.0 cm³/mol. The lowest BCUT2D eigenvalue weighted by Crippen LogP contribution is -2.48. The van der Waals surface area contributed by atoms with Crippen LogP contribution in [0.1, 0.15) is 11.8 Å². The molecule has 1 saturated heterocycles. The van der Waals surface area contributed by atoms with E-state index < -0.39 is 0 Å². The van der Waals surface area contributed by atoms with Crippen LogP contribution in [-0.2, 0) is 6.54 Å². The third-order valence-corrected chi connectivity index (χ3v) is 4.07. The van der Waals surface area contributed by atoms with Crippen molar-refractivity contribution in [3.63, 3.8) is 0 Å². The Kier molecular flexibility index (Phi) is 5.57. The summed E-state index contributed by atoms with van der Waals surface area (Å²) in [5.74, 6) is 0. The molecule has 1 fully saturated rings. The smallest absolute Gasteiger partial charge is 0.0701 e. The van der Waals surface area contributed by atoms with E-state index in [2.05, 4.69) is 45.2 Å². The molecule has 1 atom stereocenters. The van der Waals surface area contributed by atoms with Crippen LogP contribution in [0.15, 0.2) is 15.9 Å². The van der Waals surface area contributed by atoms with Crippen LogP contribution in [0.2, 0.25) is 0 Å². The Bertz CT molecular complexity index is 305. The number of nitrogens with one attached hydrogen (secondary N) is 1. The molecule has 1 aromatic rings. The lowest BCUT2D eigenvalue weighted by molar-refractivity contribution is 0.201. The zero-order valence-corrected chi connectivity index (χ0v) is 11.9. The van der Waals surface area contributed by atoms with Crippen LogP contribution < -0.4 is 5.32 Å². The minimum Gasteiger partial charge on any atom is -0.312 e. The number of halogens is 2. The summed E-state index contributed by atoms with van der Waals surface area (Å²) in [6.45, 7) is 6.79. The molecule has 2 heterocycles. The summed E-state index contributed by atoms with van der Waals surface area (Å²) < 4.78 is 1.23. The molecule has 0 spiro atoms. The Morgan fingerprint density at radius 3 is 3.00 bits per heavy atom. The lowest BCUT2D eigenvalue weighted by atomic mass is 10.2. The molecule has 1 unspecified atom stereocenters. The molecule has 1 aromatic heterocycles. The van der Waals surface area contributed by atoms with Gasteiger partial charge < -0.3 is 5.32 Å². The summed E-state index contributed by atoms with van der Waals surface area (Å²) in [6.07, 6.45) is 0. The molecule has 1 aliphatic rings. The van der Waals surface area contributed by atoms with Gasteiger partial charge in [-0.05, 0) is 35.0 Å². The van der Waals surface area contributed by atoms with Crippen molar-refractivity contribution in [1.29, 1.82) is 0 Å². The van der Waals surface area contributed by atoms with Crippen LogP contribution in [0.25, 0.3) is 0 Å². The summed E-state index contributed by atoms with van der Waals surface area (Å²) in [7, 11) is 0. The second-order valence-electron chi connectivity index (χ2n) is 3.80. The SMILES string of the molecule is CC1CN(Cc2ccc(Br)s2)CCN1.Cl. The van der Waals surface area contributed by atoms with E-state index >= 15 is 0 Å². The van der Waals surface area contributed by atoms with Crippen molar-refractivity contribution in [2.24, 2.45) is 0 Å². The molecule has 15 heavy (non-hydrogen) atoms. The van der Waals surface area contributed by atoms with E-state index in [4.69, 9.17) is 0 Å². The summed E-state index contributed by atoms with van der Waals surface area (Å²) in [5, 5.41) is 3.46. The Labute approximate surface area is 110 Å². The normalized spacial score (nSPS) is 22.4. The van der Waals surface area contributed by atoms with Crippen molar-refractivity contribution in [2.75, 3.05) is 19.6 Å². The van der Waals surface area contributed by atoms with Crippen LogP contribution in [0.4, 0.5) is 0 Å². The third-order valence-electron chi connectivity index (χ3n) is 2.46. The largest absolute Gasteiger partial charge is 0.312 e. The van der Waals surface area contributed by atoms with Crippen LogP contribution in [0.3, 0.4) is 0 Å². The molecule has 2 rings (SSSR count). The molecule has 86 valence electrons. The third kappa shape index (κ3) is 4.04. The van der Waals surface area contributed by atoms with Crippen molar-refractivity contribution < 1.29 is 0 Å². The number of hydrogen-bond donors (Lipinski definition) is 1. The van der Waals surface area contributed by atoms with Gasteiger partial charge in [-0.15, -0.1) is 23.7 Å². The first-order chi connectivity index (χ1) is 6.74. The van der Waals surface area contributed by atoms with Gasteiger partial charge in [-0.3, -0.25) is 4.90 Å². The fraction of sp³-hybridized carbons (Fsp3) is 0.600. The predicted octanol–water partition coefficient (Wildman–Crippen LogP) is 2.73. The van der Waals surface area contributed by atoms with E-state index in [1.165, 1.54) is 15.2 Å². The highest BCUT2D eigenvalue weighted by molar-refractivity contribution is 9.11. The molecule has 0 bridgehead atoms. The average Bonchev–Trinajstić information content (AvgIpc) is 2.51. The molecule has 0 aromatic carbocycles. The topological polar surface area (TPSA) is 15.3 Å². The quantitative estimate of drug-likeness (QED) is 0.903. The molecular weight excluding hydrogens is 296 g/mol. The first-order valence-electron chi connectivity index (χ1n) is 4.94. The van der Waals surface area contributed by atoms with Gasteiger partial charge >= 0.3 is 0 Å². The zero-order chi connectivity index (χ0) is 9.97. The molecule has 1 aliphatic heterocycles. The molecule has 0 radical (unpaired) electrons. The van der Waals surface area contributed by atoms with Crippen LogP contribution in [0, 0.1) is 0 Å². The Hall–Kier alpha value is 0.390. The van der Waals surface area contributed by atoms with Gasteiger partial charge in [0, 0.05) is 37.1 Å².